The summed E-state index contributed by atoms with van der Waals surface area (Å²) in [4.78, 5) is 5.68. The maximum Gasteiger partial charge on any atom is 0.137 e. The summed E-state index contributed by atoms with van der Waals surface area (Å²) in [5.41, 5.74) is 12.3. The van der Waals surface area contributed by atoms with E-state index in [1.54, 1.807) is 0 Å². The van der Waals surface area contributed by atoms with E-state index in [4.69, 9.17) is 9.41 Å². The molecule has 3 heterocycles. The second-order valence-electron chi connectivity index (χ2n) is 16.8. The van der Waals surface area contributed by atoms with Crippen LogP contribution in [-0.4, -0.2) is 10.3 Å². The van der Waals surface area contributed by atoms with E-state index in [0.29, 0.717) is 0 Å². The molecular formula is C57H43N3O. The van der Waals surface area contributed by atoms with Crippen molar-refractivity contribution in [2.45, 2.75) is 32.0 Å². The normalized spacial score (nSPS) is 18.2. The zero-order chi connectivity index (χ0) is 40.4. The number of nitrogens with zero attached hydrogens (tertiary/aromatic N) is 2. The summed E-state index contributed by atoms with van der Waals surface area (Å²) in [6.07, 6.45) is 1.54. The summed E-state index contributed by atoms with van der Waals surface area (Å²) in [6, 6.07) is 70.4. The molecule has 0 radical (unpaired) electrons. The molecular weight excluding hydrogens is 743 g/mol. The zero-order valence-corrected chi connectivity index (χ0v) is 33.9. The van der Waals surface area contributed by atoms with Crippen LogP contribution in [0, 0.1) is 5.92 Å². The van der Waals surface area contributed by atoms with E-state index in [-0.39, 0.29) is 18.1 Å². The van der Waals surface area contributed by atoms with Crippen LogP contribution in [0.3, 0.4) is 0 Å². The van der Waals surface area contributed by atoms with Crippen LogP contribution in [0.1, 0.15) is 48.7 Å². The molecule has 9 aromatic carbocycles. The second kappa shape index (κ2) is 14.5. The first-order valence-corrected chi connectivity index (χ1v) is 21.5. The van der Waals surface area contributed by atoms with Gasteiger partial charge in [-0.05, 0) is 117 Å². The van der Waals surface area contributed by atoms with Gasteiger partial charge in [0.1, 0.15) is 17.3 Å². The molecule has 1 aliphatic rings. The Bertz CT molecular complexity index is 3500. The number of fused-ring (bicyclic) bond motifs is 8. The molecule has 4 heteroatoms. The lowest BCUT2D eigenvalue weighted by Crippen LogP contribution is -2.33. The van der Waals surface area contributed by atoms with Crippen molar-refractivity contribution >= 4 is 71.0 Å². The number of hydrogen-bond donors (Lipinski definition) is 1. The molecule has 0 fully saturated rings. The summed E-state index contributed by atoms with van der Waals surface area (Å²) in [5, 5.41) is 13.8. The summed E-state index contributed by atoms with van der Waals surface area (Å²) >= 11 is 0. The summed E-state index contributed by atoms with van der Waals surface area (Å²) in [5.74, 6) is 0.266. The Hall–Kier alpha value is -7.27. The van der Waals surface area contributed by atoms with E-state index < -0.39 is 0 Å². The van der Waals surface area contributed by atoms with Gasteiger partial charge in [-0.1, -0.05) is 153 Å². The van der Waals surface area contributed by atoms with Gasteiger partial charge in [0, 0.05) is 27.9 Å². The van der Waals surface area contributed by atoms with Crippen LogP contribution in [0.4, 0.5) is 0 Å². The van der Waals surface area contributed by atoms with Crippen LogP contribution in [0.5, 0.6) is 0 Å². The quantitative estimate of drug-likeness (QED) is 0.189. The molecule has 11 aromatic rings. The molecule has 0 bridgehead atoms. The van der Waals surface area contributed by atoms with Crippen LogP contribution >= 0.6 is 0 Å². The first kappa shape index (κ1) is 35.7. The smallest absolute Gasteiger partial charge is 0.137 e. The lowest BCUT2D eigenvalue weighted by molar-refractivity contribution is 0.328. The Labute approximate surface area is 354 Å². The minimum absolute atomic E-state index is 0.0253. The average molecular weight is 786 g/mol. The van der Waals surface area contributed by atoms with Crippen molar-refractivity contribution in [3.05, 3.63) is 211 Å². The third kappa shape index (κ3) is 6.13. The zero-order valence-electron chi connectivity index (χ0n) is 33.9. The molecule has 292 valence electrons. The van der Waals surface area contributed by atoms with E-state index in [9.17, 15) is 0 Å². The van der Waals surface area contributed by atoms with Crippen LogP contribution in [0.25, 0.3) is 82.1 Å². The van der Waals surface area contributed by atoms with Gasteiger partial charge in [0.15, 0.2) is 0 Å². The molecule has 1 N–H and O–H groups in total. The molecule has 3 atom stereocenters. The van der Waals surface area contributed by atoms with Crippen molar-refractivity contribution in [3.63, 3.8) is 0 Å². The Morgan fingerprint density at radius 3 is 2.05 bits per heavy atom. The van der Waals surface area contributed by atoms with Crippen LogP contribution in [-0.2, 0) is 0 Å². The Morgan fingerprint density at radius 1 is 0.508 bits per heavy atom. The molecule has 3 unspecified atom stereocenters. The van der Waals surface area contributed by atoms with Gasteiger partial charge >= 0.3 is 0 Å². The fraction of sp³-hybridized carbons (Fsp3) is 0.105. The number of benzene rings is 9. The standard InChI is InChI=1S/C57H43N3O/c1-36-26-29-49(43-21-13-20-40(30-43)37-14-3-2-4-15-37)58-57(44-28-27-38-16-5-6-17-39(38)31-44)59-56(36)45-34-52(55-47-23-10-12-25-53(47)61-54(55)35-45)60-50-24-11-9-22-46(50)48-32-41-18-7-8-19-42(41)33-51(48)60/h2-25,27-28,30-36,56-57,59H,26,29H2,1H3/b58-49+. The Balaban J connectivity index is 1.06. The molecule has 12 rings (SSSR count). The van der Waals surface area contributed by atoms with Crippen molar-refractivity contribution in [1.82, 2.24) is 9.88 Å². The fourth-order valence-electron chi connectivity index (χ4n) is 9.95. The third-order valence-electron chi connectivity index (χ3n) is 13.0. The van der Waals surface area contributed by atoms with Crippen LogP contribution < -0.4 is 5.32 Å². The van der Waals surface area contributed by atoms with Crippen molar-refractivity contribution < 1.29 is 4.42 Å². The van der Waals surface area contributed by atoms with E-state index >= 15 is 0 Å². The van der Waals surface area contributed by atoms with E-state index in [0.717, 1.165) is 51.7 Å². The molecule has 4 nitrogen and oxygen atoms in total. The van der Waals surface area contributed by atoms with E-state index in [1.807, 2.05) is 0 Å². The van der Waals surface area contributed by atoms with Crippen molar-refractivity contribution in [3.8, 4) is 16.8 Å². The Morgan fingerprint density at radius 2 is 1.20 bits per heavy atom. The maximum atomic E-state index is 6.82. The summed E-state index contributed by atoms with van der Waals surface area (Å²) in [6.45, 7) is 2.40. The first-order valence-electron chi connectivity index (χ1n) is 21.5. The lowest BCUT2D eigenvalue weighted by Gasteiger charge is -2.33. The number of rotatable bonds is 5. The SMILES string of the molecule is CC1CC/C(c2cccc(-c3ccccc3)c2)=N\C(c2ccc3ccccc3c2)NC1c1cc(-n2c3ccccc3c3cc4ccccc4cc32)c2c(c1)oc1ccccc12. The predicted molar refractivity (Wildman–Crippen MR) is 255 cm³/mol. The average Bonchev–Trinajstić information content (AvgIpc) is 3.85. The third-order valence-corrected chi connectivity index (χ3v) is 13.0. The molecule has 2 aromatic heterocycles. The van der Waals surface area contributed by atoms with E-state index in [1.165, 1.54) is 65.6 Å². The molecule has 0 saturated heterocycles. The van der Waals surface area contributed by atoms with Crippen molar-refractivity contribution in [2.75, 3.05) is 0 Å². The first-order chi connectivity index (χ1) is 30.1. The fourth-order valence-corrected chi connectivity index (χ4v) is 9.95. The van der Waals surface area contributed by atoms with Gasteiger partial charge in [0.2, 0.25) is 0 Å². The second-order valence-corrected chi connectivity index (χ2v) is 16.8. The monoisotopic (exact) mass is 785 g/mol. The van der Waals surface area contributed by atoms with Gasteiger partial charge in [0.25, 0.3) is 0 Å². The van der Waals surface area contributed by atoms with Gasteiger partial charge in [-0.25, -0.2) is 0 Å². The lowest BCUT2D eigenvalue weighted by atomic mass is 9.86. The Kier molecular flexibility index (Phi) is 8.46. The maximum absolute atomic E-state index is 6.82. The molecule has 61 heavy (non-hydrogen) atoms. The van der Waals surface area contributed by atoms with Gasteiger partial charge in [-0.15, -0.1) is 0 Å². The number of hydrogen-bond acceptors (Lipinski definition) is 3. The van der Waals surface area contributed by atoms with Crippen LogP contribution in [0.2, 0.25) is 0 Å². The van der Waals surface area contributed by atoms with Gasteiger partial charge in [-0.3, -0.25) is 10.3 Å². The molecule has 0 spiro atoms. The number of para-hydroxylation sites is 2. The van der Waals surface area contributed by atoms with Gasteiger partial charge in [-0.2, -0.15) is 0 Å². The van der Waals surface area contributed by atoms with Gasteiger partial charge < -0.3 is 8.98 Å². The highest BCUT2D eigenvalue weighted by molar-refractivity contribution is 6.16. The molecule has 0 saturated carbocycles. The summed E-state index contributed by atoms with van der Waals surface area (Å²) in [7, 11) is 0. The number of nitrogens with one attached hydrogen (secondary N) is 1. The molecule has 0 aliphatic carbocycles. The molecule has 0 amide bonds. The number of aliphatic imine (C=N–C) groups is 1. The number of aromatic nitrogens is 1. The predicted octanol–water partition coefficient (Wildman–Crippen LogP) is 14.9. The largest absolute Gasteiger partial charge is 0.456 e. The molecule has 1 aliphatic heterocycles. The topological polar surface area (TPSA) is 42.5 Å². The van der Waals surface area contributed by atoms with E-state index in [2.05, 4.69) is 211 Å². The minimum atomic E-state index is -0.290. The minimum Gasteiger partial charge on any atom is -0.456 e. The highest BCUT2D eigenvalue weighted by atomic mass is 16.3. The van der Waals surface area contributed by atoms with Crippen molar-refractivity contribution in [1.29, 1.82) is 0 Å². The van der Waals surface area contributed by atoms with Gasteiger partial charge in [0.05, 0.1) is 22.1 Å². The van der Waals surface area contributed by atoms with Crippen molar-refractivity contribution in [2.24, 2.45) is 10.9 Å². The van der Waals surface area contributed by atoms with Crippen LogP contribution in [0.15, 0.2) is 204 Å². The number of furan rings is 1. The summed E-state index contributed by atoms with van der Waals surface area (Å²) < 4.78 is 9.30. The highest BCUT2D eigenvalue weighted by Crippen LogP contribution is 2.43. The highest BCUT2D eigenvalue weighted by Gasteiger charge is 2.30.